The molecule has 0 bridgehead atoms. The number of hydrogen-bond acceptors (Lipinski definition) is 3. The Balaban J connectivity index is 1.58. The molecular formula is C21H25FN2O3. The summed E-state index contributed by atoms with van der Waals surface area (Å²) in [6.07, 6.45) is 0.837. The quantitative estimate of drug-likeness (QED) is 0.665. The predicted octanol–water partition coefficient (Wildman–Crippen LogP) is 3.15. The summed E-state index contributed by atoms with van der Waals surface area (Å²) in [5.74, 6) is 0.105. The van der Waals surface area contributed by atoms with E-state index < -0.39 is 0 Å². The van der Waals surface area contributed by atoms with Crippen molar-refractivity contribution in [2.24, 2.45) is 0 Å². The molecular weight excluding hydrogens is 347 g/mol. The molecule has 0 atom stereocenters. The number of amides is 2. The normalized spacial score (nSPS) is 10.3. The highest BCUT2D eigenvalue weighted by Gasteiger charge is 2.07. The van der Waals surface area contributed by atoms with Crippen LogP contribution in [0.15, 0.2) is 42.5 Å². The van der Waals surface area contributed by atoms with Gasteiger partial charge in [0, 0.05) is 18.5 Å². The van der Waals surface area contributed by atoms with Crippen LogP contribution in [-0.2, 0) is 4.79 Å². The van der Waals surface area contributed by atoms with Crippen molar-refractivity contribution in [2.75, 3.05) is 19.7 Å². The van der Waals surface area contributed by atoms with Gasteiger partial charge in [0.25, 0.3) is 5.91 Å². The molecule has 0 aliphatic rings. The van der Waals surface area contributed by atoms with Crippen molar-refractivity contribution < 1.29 is 18.7 Å². The maximum Gasteiger partial charge on any atom is 0.251 e. The molecule has 144 valence electrons. The monoisotopic (exact) mass is 372 g/mol. The number of carbonyl (C=O) groups is 2. The molecule has 0 spiro atoms. The lowest BCUT2D eigenvalue weighted by molar-refractivity contribution is -0.121. The zero-order valence-electron chi connectivity index (χ0n) is 15.7. The molecule has 0 saturated heterocycles. The Morgan fingerprint density at radius 3 is 2.30 bits per heavy atom. The van der Waals surface area contributed by atoms with Crippen LogP contribution in [0.5, 0.6) is 5.75 Å². The predicted molar refractivity (Wildman–Crippen MR) is 102 cm³/mol. The van der Waals surface area contributed by atoms with Crippen molar-refractivity contribution in [1.82, 2.24) is 10.6 Å². The third-order valence-electron chi connectivity index (χ3n) is 4.05. The van der Waals surface area contributed by atoms with Gasteiger partial charge in [-0.25, -0.2) is 4.39 Å². The number of carbonyl (C=O) groups excluding carboxylic acids is 2. The van der Waals surface area contributed by atoms with Crippen molar-refractivity contribution in [3.05, 3.63) is 65.0 Å². The Labute approximate surface area is 158 Å². The van der Waals surface area contributed by atoms with Gasteiger partial charge in [0.2, 0.25) is 5.91 Å². The molecule has 27 heavy (non-hydrogen) atoms. The molecule has 0 saturated carbocycles. The standard InChI is InChI=1S/C21H25FN2O3/c1-15-5-3-6-16(2)20(15)27-14-13-23-19(25)7-4-12-24-21(26)17-8-10-18(22)11-9-17/h3,5-6,8-11H,4,7,12-14H2,1-2H3,(H,23,25)(H,24,26). The summed E-state index contributed by atoms with van der Waals surface area (Å²) in [6, 6.07) is 11.3. The van der Waals surface area contributed by atoms with E-state index in [2.05, 4.69) is 10.6 Å². The fourth-order valence-corrected chi connectivity index (χ4v) is 2.61. The molecule has 0 aromatic heterocycles. The maximum atomic E-state index is 12.8. The number of para-hydroxylation sites is 1. The number of halogens is 1. The van der Waals surface area contributed by atoms with Crippen molar-refractivity contribution >= 4 is 11.8 Å². The Hall–Kier alpha value is -2.89. The lowest BCUT2D eigenvalue weighted by Gasteiger charge is -2.12. The van der Waals surface area contributed by atoms with Crippen LogP contribution in [0.4, 0.5) is 4.39 Å². The lowest BCUT2D eigenvalue weighted by Crippen LogP contribution is -2.30. The number of ether oxygens (including phenoxy) is 1. The SMILES string of the molecule is Cc1cccc(C)c1OCCNC(=O)CCCNC(=O)c1ccc(F)cc1. The van der Waals surface area contributed by atoms with Crippen molar-refractivity contribution in [2.45, 2.75) is 26.7 Å². The van der Waals surface area contributed by atoms with Crippen molar-refractivity contribution in [1.29, 1.82) is 0 Å². The second-order valence-corrected chi connectivity index (χ2v) is 6.29. The van der Waals surface area contributed by atoms with Crippen molar-refractivity contribution in [3.63, 3.8) is 0 Å². The minimum atomic E-state index is -0.384. The molecule has 6 heteroatoms. The van der Waals surface area contributed by atoms with Crippen LogP contribution in [0.1, 0.15) is 34.3 Å². The van der Waals surface area contributed by atoms with Gasteiger partial charge in [-0.15, -0.1) is 0 Å². The largest absolute Gasteiger partial charge is 0.491 e. The van der Waals surface area contributed by atoms with E-state index in [0.29, 0.717) is 38.1 Å². The summed E-state index contributed by atoms with van der Waals surface area (Å²) in [4.78, 5) is 23.7. The van der Waals surface area contributed by atoms with E-state index in [1.807, 2.05) is 32.0 Å². The third-order valence-corrected chi connectivity index (χ3v) is 4.05. The molecule has 2 N–H and O–H groups in total. The first-order valence-electron chi connectivity index (χ1n) is 8.97. The summed E-state index contributed by atoms with van der Waals surface area (Å²) < 4.78 is 18.6. The van der Waals surface area contributed by atoms with Crippen LogP contribution in [0.25, 0.3) is 0 Å². The Bertz CT molecular complexity index is 755. The molecule has 2 amide bonds. The van der Waals surface area contributed by atoms with E-state index >= 15 is 0 Å². The van der Waals surface area contributed by atoms with Gasteiger partial charge in [-0.2, -0.15) is 0 Å². The van der Waals surface area contributed by atoms with E-state index in [-0.39, 0.29) is 17.6 Å². The smallest absolute Gasteiger partial charge is 0.251 e. The van der Waals surface area contributed by atoms with Gasteiger partial charge < -0.3 is 15.4 Å². The molecule has 0 unspecified atom stereocenters. The zero-order chi connectivity index (χ0) is 19.6. The van der Waals surface area contributed by atoms with Crippen LogP contribution in [-0.4, -0.2) is 31.5 Å². The highest BCUT2D eigenvalue weighted by Crippen LogP contribution is 2.21. The molecule has 0 radical (unpaired) electrons. The van der Waals surface area contributed by atoms with E-state index in [1.165, 1.54) is 24.3 Å². The molecule has 0 aliphatic carbocycles. The van der Waals surface area contributed by atoms with E-state index in [4.69, 9.17) is 4.74 Å². The van der Waals surface area contributed by atoms with Crippen LogP contribution in [0.2, 0.25) is 0 Å². The molecule has 2 aromatic rings. The number of hydrogen-bond donors (Lipinski definition) is 2. The molecule has 0 aliphatic heterocycles. The average Bonchev–Trinajstić information content (AvgIpc) is 2.64. The minimum absolute atomic E-state index is 0.0869. The van der Waals surface area contributed by atoms with E-state index in [1.54, 1.807) is 0 Å². The second-order valence-electron chi connectivity index (χ2n) is 6.29. The van der Waals surface area contributed by atoms with Crippen LogP contribution in [0, 0.1) is 19.7 Å². The summed E-state index contributed by atoms with van der Waals surface area (Å²) in [6.45, 7) is 5.18. The first-order chi connectivity index (χ1) is 13.0. The second kappa shape index (κ2) is 10.3. The van der Waals surface area contributed by atoms with Crippen LogP contribution >= 0.6 is 0 Å². The molecule has 0 fully saturated rings. The first-order valence-corrected chi connectivity index (χ1v) is 8.97. The van der Waals surface area contributed by atoms with Gasteiger partial charge in [-0.1, -0.05) is 18.2 Å². The Kier molecular flexibility index (Phi) is 7.79. The van der Waals surface area contributed by atoms with Crippen LogP contribution in [0.3, 0.4) is 0 Å². The molecule has 5 nitrogen and oxygen atoms in total. The zero-order valence-corrected chi connectivity index (χ0v) is 15.7. The Morgan fingerprint density at radius 1 is 0.963 bits per heavy atom. The summed E-state index contributed by atoms with van der Waals surface area (Å²) >= 11 is 0. The van der Waals surface area contributed by atoms with Gasteiger partial charge in [-0.05, 0) is 55.7 Å². The topological polar surface area (TPSA) is 67.4 Å². The molecule has 0 heterocycles. The number of rotatable bonds is 9. The number of nitrogens with one attached hydrogen (secondary N) is 2. The summed E-state index contributed by atoms with van der Waals surface area (Å²) in [5, 5.41) is 5.51. The lowest BCUT2D eigenvalue weighted by atomic mass is 10.1. The number of benzene rings is 2. The maximum absolute atomic E-state index is 12.8. The van der Waals surface area contributed by atoms with Gasteiger partial charge in [0.15, 0.2) is 0 Å². The first kappa shape index (κ1) is 20.4. The number of aryl methyl sites for hydroxylation is 2. The van der Waals surface area contributed by atoms with Crippen LogP contribution < -0.4 is 15.4 Å². The summed E-state index contributed by atoms with van der Waals surface area (Å²) in [5.41, 5.74) is 2.53. The van der Waals surface area contributed by atoms with Gasteiger partial charge in [-0.3, -0.25) is 9.59 Å². The highest BCUT2D eigenvalue weighted by molar-refractivity contribution is 5.94. The van der Waals surface area contributed by atoms with E-state index in [9.17, 15) is 14.0 Å². The highest BCUT2D eigenvalue weighted by atomic mass is 19.1. The van der Waals surface area contributed by atoms with Crippen molar-refractivity contribution in [3.8, 4) is 5.75 Å². The van der Waals surface area contributed by atoms with Gasteiger partial charge in [0.05, 0.1) is 6.54 Å². The van der Waals surface area contributed by atoms with E-state index in [0.717, 1.165) is 16.9 Å². The fraction of sp³-hybridized carbons (Fsp3) is 0.333. The Morgan fingerprint density at radius 2 is 1.63 bits per heavy atom. The van der Waals surface area contributed by atoms with Gasteiger partial charge in [0.1, 0.15) is 18.2 Å². The summed E-state index contributed by atoms with van der Waals surface area (Å²) in [7, 11) is 0. The fourth-order valence-electron chi connectivity index (χ4n) is 2.61. The third kappa shape index (κ3) is 6.73. The molecule has 2 rings (SSSR count). The average molecular weight is 372 g/mol. The molecule has 2 aromatic carbocycles. The minimum Gasteiger partial charge on any atom is -0.491 e. The van der Waals surface area contributed by atoms with Gasteiger partial charge >= 0.3 is 0 Å².